The Morgan fingerprint density at radius 3 is 2.62 bits per heavy atom. The zero-order valence-corrected chi connectivity index (χ0v) is 13.4. The van der Waals surface area contributed by atoms with Crippen LogP contribution < -0.4 is 9.46 Å². The summed E-state index contributed by atoms with van der Waals surface area (Å²) in [4.78, 5) is 0. The number of rotatable bonds is 5. The molecule has 1 aliphatic rings. The van der Waals surface area contributed by atoms with Crippen LogP contribution in [0.25, 0.3) is 0 Å². The van der Waals surface area contributed by atoms with Gasteiger partial charge in [-0.15, -0.1) is 0 Å². The van der Waals surface area contributed by atoms with Crippen LogP contribution in [-0.4, -0.2) is 25.3 Å². The molecule has 118 valence electrons. The summed E-state index contributed by atoms with van der Waals surface area (Å²) in [5.74, 6) is -0.205. The minimum atomic E-state index is -4.29. The summed E-state index contributed by atoms with van der Waals surface area (Å²) in [6.45, 7) is 3.76. The van der Waals surface area contributed by atoms with Gasteiger partial charge in [0.1, 0.15) is 11.9 Å². The van der Waals surface area contributed by atoms with E-state index in [2.05, 4.69) is 0 Å². The van der Waals surface area contributed by atoms with E-state index in [9.17, 15) is 8.42 Å². The van der Waals surface area contributed by atoms with Crippen LogP contribution in [0, 0.1) is 0 Å². The van der Waals surface area contributed by atoms with Crippen LogP contribution in [0.2, 0.25) is 5.02 Å². The average Bonchev–Trinajstić information content (AvgIpc) is 2.44. The fourth-order valence-electron chi connectivity index (χ4n) is 2.30. The molecular weight excluding hydrogens is 318 g/mol. The number of hydrogen-bond acceptors (Lipinski definition) is 4. The van der Waals surface area contributed by atoms with E-state index in [0.29, 0.717) is 29.2 Å². The van der Waals surface area contributed by atoms with Crippen LogP contribution in [0.15, 0.2) is 18.2 Å². The molecule has 21 heavy (non-hydrogen) atoms. The Balaban J connectivity index is 2.35. The summed E-state index contributed by atoms with van der Waals surface area (Å²) >= 11 is 5.97. The number of nitrogens with one attached hydrogen (secondary N) is 1. The van der Waals surface area contributed by atoms with Crippen molar-refractivity contribution in [2.45, 2.75) is 38.6 Å². The smallest absolute Gasteiger partial charge is 0.333 e. The minimum Gasteiger partial charge on any atom is -0.462 e. The van der Waals surface area contributed by atoms with Gasteiger partial charge in [0.25, 0.3) is 0 Å². The first-order valence-electron chi connectivity index (χ1n) is 6.67. The number of benzene rings is 1. The average molecular weight is 336 g/mol. The van der Waals surface area contributed by atoms with Gasteiger partial charge < -0.3 is 9.47 Å². The summed E-state index contributed by atoms with van der Waals surface area (Å²) < 4.78 is 44.5. The molecule has 0 saturated carbocycles. The molecule has 2 N–H and O–H groups in total. The van der Waals surface area contributed by atoms with E-state index in [0.717, 1.165) is 0 Å². The molecule has 1 aromatic rings. The van der Waals surface area contributed by atoms with Gasteiger partial charge in [-0.2, -0.15) is 13.1 Å². The van der Waals surface area contributed by atoms with Crippen molar-refractivity contribution in [1.82, 2.24) is 4.72 Å². The van der Waals surface area contributed by atoms with Gasteiger partial charge in [-0.3, -0.25) is 4.55 Å². The predicted molar refractivity (Wildman–Crippen MR) is 78.8 cm³/mol. The largest absolute Gasteiger partial charge is 0.462 e. The molecule has 0 spiro atoms. The molecular formula is C13H18ClNO5S. The maximum atomic E-state index is 10.9. The number of halogens is 1. The highest BCUT2D eigenvalue weighted by Crippen LogP contribution is 2.42. The summed E-state index contributed by atoms with van der Waals surface area (Å²) in [6, 6.07) is 5.11. The molecule has 6 nitrogen and oxygen atoms in total. The van der Waals surface area contributed by atoms with Crippen LogP contribution in [0.5, 0.6) is 5.75 Å². The molecule has 0 amide bonds. The quantitative estimate of drug-likeness (QED) is 0.808. The van der Waals surface area contributed by atoms with E-state index >= 15 is 0 Å². The Morgan fingerprint density at radius 1 is 1.38 bits per heavy atom. The van der Waals surface area contributed by atoms with Crippen LogP contribution in [0.3, 0.4) is 0 Å². The Hall–Kier alpha value is -0.860. The lowest BCUT2D eigenvalue weighted by atomic mass is 10.0. The monoisotopic (exact) mass is 335 g/mol. The van der Waals surface area contributed by atoms with Crippen molar-refractivity contribution in [1.29, 1.82) is 0 Å². The molecule has 0 bridgehead atoms. The Morgan fingerprint density at radius 2 is 2.05 bits per heavy atom. The number of hydrogen-bond donors (Lipinski definition) is 2. The third-order valence-corrected chi connectivity index (χ3v) is 4.27. The summed E-state index contributed by atoms with van der Waals surface area (Å²) in [5, 5.41) is 0.498. The zero-order chi connectivity index (χ0) is 15.7. The summed E-state index contributed by atoms with van der Waals surface area (Å²) in [5.41, 5.74) is 0.649. The molecule has 1 atom stereocenters. The van der Waals surface area contributed by atoms with Crippen molar-refractivity contribution >= 4 is 21.9 Å². The first-order valence-corrected chi connectivity index (χ1v) is 8.48. The second-order valence-corrected chi connectivity index (χ2v) is 6.51. The molecule has 2 rings (SSSR count). The van der Waals surface area contributed by atoms with E-state index in [1.807, 2.05) is 18.6 Å². The van der Waals surface area contributed by atoms with Crippen LogP contribution in [-0.2, 0) is 15.0 Å². The topological polar surface area (TPSA) is 84.9 Å². The maximum absolute atomic E-state index is 10.9. The van der Waals surface area contributed by atoms with E-state index < -0.39 is 22.2 Å². The highest BCUT2D eigenvalue weighted by Gasteiger charge is 2.39. The molecule has 0 saturated heterocycles. The van der Waals surface area contributed by atoms with Crippen molar-refractivity contribution < 1.29 is 22.4 Å². The normalized spacial score (nSPS) is 20.7. The molecule has 0 aromatic heterocycles. The molecule has 1 heterocycles. The molecule has 1 aliphatic heterocycles. The lowest BCUT2D eigenvalue weighted by Gasteiger charge is -2.41. The third kappa shape index (κ3) is 3.87. The molecule has 0 aliphatic carbocycles. The molecule has 1 unspecified atom stereocenters. The Bertz CT molecular complexity index is 615. The number of fused-ring (bicyclic) bond motifs is 1. The number of ether oxygens (including phenoxy) is 2. The predicted octanol–water partition coefficient (Wildman–Crippen LogP) is 2.70. The second-order valence-electron chi connectivity index (χ2n) is 4.83. The van der Waals surface area contributed by atoms with Gasteiger partial charge >= 0.3 is 10.3 Å². The van der Waals surface area contributed by atoms with E-state index in [-0.39, 0.29) is 6.54 Å². The van der Waals surface area contributed by atoms with Crippen LogP contribution >= 0.6 is 11.6 Å². The Labute approximate surface area is 129 Å². The highest BCUT2D eigenvalue weighted by molar-refractivity contribution is 7.83. The third-order valence-electron chi connectivity index (χ3n) is 3.50. The van der Waals surface area contributed by atoms with Crippen LogP contribution in [0.4, 0.5) is 0 Å². The van der Waals surface area contributed by atoms with Gasteiger partial charge in [0, 0.05) is 30.0 Å². The Kier molecular flexibility index (Phi) is 4.79. The first kappa shape index (κ1) is 16.5. The van der Waals surface area contributed by atoms with Gasteiger partial charge in [0.05, 0.1) is 0 Å². The van der Waals surface area contributed by atoms with Crippen molar-refractivity contribution in [3.05, 3.63) is 28.8 Å². The van der Waals surface area contributed by atoms with E-state index in [1.54, 1.807) is 18.2 Å². The second kappa shape index (κ2) is 6.10. The molecule has 1 aromatic carbocycles. The van der Waals surface area contributed by atoms with E-state index in [1.165, 1.54) is 0 Å². The molecule has 8 heteroatoms. The van der Waals surface area contributed by atoms with Gasteiger partial charge in [-0.05, 0) is 18.2 Å². The van der Waals surface area contributed by atoms with Crippen molar-refractivity contribution in [2.24, 2.45) is 0 Å². The SMILES string of the molecule is CCC1(CC)Oc2ccc(Cl)cc2C(CNS(=O)(=O)O)O1. The van der Waals surface area contributed by atoms with Crippen molar-refractivity contribution in [3.8, 4) is 5.75 Å². The van der Waals surface area contributed by atoms with Gasteiger partial charge in [0.15, 0.2) is 0 Å². The minimum absolute atomic E-state index is 0.0999. The van der Waals surface area contributed by atoms with Gasteiger partial charge in [0.2, 0.25) is 5.79 Å². The molecule has 0 fully saturated rings. The van der Waals surface area contributed by atoms with E-state index in [4.69, 9.17) is 25.6 Å². The highest BCUT2D eigenvalue weighted by atomic mass is 35.5. The fraction of sp³-hybridized carbons (Fsp3) is 0.538. The molecule has 0 radical (unpaired) electrons. The summed E-state index contributed by atoms with van der Waals surface area (Å²) in [6.07, 6.45) is 0.622. The standard InChI is InChI=1S/C13H18ClNO5S/c1-3-13(4-2)19-11-6-5-9(14)7-10(11)12(20-13)8-15-21(16,17)18/h5-7,12,15H,3-4,8H2,1-2H3,(H,16,17,18). The van der Waals surface area contributed by atoms with Gasteiger partial charge in [-0.25, -0.2) is 0 Å². The van der Waals surface area contributed by atoms with Crippen molar-refractivity contribution in [3.63, 3.8) is 0 Å². The first-order chi connectivity index (χ1) is 9.78. The van der Waals surface area contributed by atoms with Crippen molar-refractivity contribution in [2.75, 3.05) is 6.54 Å². The maximum Gasteiger partial charge on any atom is 0.333 e. The van der Waals surface area contributed by atoms with Crippen LogP contribution in [0.1, 0.15) is 38.4 Å². The zero-order valence-electron chi connectivity index (χ0n) is 11.8. The van der Waals surface area contributed by atoms with Gasteiger partial charge in [-0.1, -0.05) is 25.4 Å². The lowest BCUT2D eigenvalue weighted by Crippen LogP contribution is -2.45. The fourth-order valence-corrected chi connectivity index (χ4v) is 2.85. The summed E-state index contributed by atoms with van der Waals surface area (Å²) in [7, 11) is -4.29. The lowest BCUT2D eigenvalue weighted by molar-refractivity contribution is -0.231.